The predicted molar refractivity (Wildman–Crippen MR) is 53.0 cm³/mol. The minimum Gasteiger partial charge on any atom is -0.480 e. The lowest BCUT2D eigenvalue weighted by atomic mass is 10.5. The lowest BCUT2D eigenvalue weighted by Crippen LogP contribution is -2.17. The molecule has 15 heavy (non-hydrogen) atoms. The van der Waals surface area contributed by atoms with Gasteiger partial charge in [0.2, 0.25) is 0 Å². The molecule has 0 aromatic carbocycles. The van der Waals surface area contributed by atoms with Crippen LogP contribution in [0.1, 0.15) is 12.6 Å². The van der Waals surface area contributed by atoms with Crippen molar-refractivity contribution >= 4 is 15.8 Å². The lowest BCUT2D eigenvalue weighted by Gasteiger charge is -1.98. The Morgan fingerprint density at radius 1 is 1.60 bits per heavy atom. The van der Waals surface area contributed by atoms with Gasteiger partial charge < -0.3 is 5.11 Å². The van der Waals surface area contributed by atoms with E-state index in [2.05, 4.69) is 5.10 Å². The summed E-state index contributed by atoms with van der Waals surface area (Å²) in [7, 11) is -3.60. The predicted octanol–water partition coefficient (Wildman–Crippen LogP) is -0.0976. The maximum absolute atomic E-state index is 11.3. The van der Waals surface area contributed by atoms with Gasteiger partial charge in [0.25, 0.3) is 0 Å². The van der Waals surface area contributed by atoms with Gasteiger partial charge in [-0.25, -0.2) is 8.42 Å². The quantitative estimate of drug-likeness (QED) is 0.765. The topological polar surface area (TPSA) is 89.3 Å². The van der Waals surface area contributed by atoms with Crippen LogP contribution in [0.25, 0.3) is 0 Å². The minimum absolute atomic E-state index is 0.327. The third-order valence-corrected chi connectivity index (χ3v) is 3.15. The second kappa shape index (κ2) is 4.43. The highest BCUT2D eigenvalue weighted by Gasteiger charge is 2.17. The van der Waals surface area contributed by atoms with E-state index in [1.54, 1.807) is 16.9 Å². The fourth-order valence-corrected chi connectivity index (χ4v) is 2.20. The molecule has 1 rings (SSSR count). The number of sulfone groups is 1. The van der Waals surface area contributed by atoms with E-state index in [0.29, 0.717) is 12.2 Å². The molecule has 1 N–H and O–H groups in total. The van der Waals surface area contributed by atoms with Crippen molar-refractivity contribution in [2.45, 2.75) is 19.2 Å². The van der Waals surface area contributed by atoms with E-state index in [4.69, 9.17) is 5.11 Å². The fourth-order valence-electron chi connectivity index (χ4n) is 1.12. The first-order valence-electron chi connectivity index (χ1n) is 4.37. The average Bonchev–Trinajstić information content (AvgIpc) is 2.48. The number of aliphatic carboxylic acids is 1. The Morgan fingerprint density at radius 2 is 2.27 bits per heavy atom. The molecule has 6 nitrogen and oxygen atoms in total. The SMILES string of the molecule is CCn1ccc(CS(=O)(=O)CC(=O)O)n1. The van der Waals surface area contributed by atoms with E-state index in [1.165, 1.54) is 0 Å². The molecule has 1 heterocycles. The largest absolute Gasteiger partial charge is 0.480 e. The third-order valence-electron chi connectivity index (χ3n) is 1.73. The Balaban J connectivity index is 2.73. The van der Waals surface area contributed by atoms with Gasteiger partial charge in [-0.2, -0.15) is 5.10 Å². The van der Waals surface area contributed by atoms with E-state index in [-0.39, 0.29) is 5.75 Å². The molecule has 1 aromatic rings. The Hall–Kier alpha value is -1.37. The van der Waals surface area contributed by atoms with E-state index in [1.807, 2.05) is 6.92 Å². The molecule has 1 aromatic heterocycles. The van der Waals surface area contributed by atoms with Gasteiger partial charge in [0.1, 0.15) is 5.75 Å². The number of aromatic nitrogens is 2. The molecule has 84 valence electrons. The maximum Gasteiger partial charge on any atom is 0.318 e. The summed E-state index contributed by atoms with van der Waals surface area (Å²) in [6.07, 6.45) is 1.66. The fraction of sp³-hybridized carbons (Fsp3) is 0.500. The summed E-state index contributed by atoms with van der Waals surface area (Å²) in [5.74, 6) is -2.52. The smallest absolute Gasteiger partial charge is 0.318 e. The highest BCUT2D eigenvalue weighted by Crippen LogP contribution is 2.04. The van der Waals surface area contributed by atoms with Crippen molar-refractivity contribution in [3.8, 4) is 0 Å². The van der Waals surface area contributed by atoms with Crippen molar-refractivity contribution in [2.75, 3.05) is 5.75 Å². The highest BCUT2D eigenvalue weighted by molar-refractivity contribution is 7.91. The number of carboxylic acids is 1. The molecular formula is C8H12N2O4S. The molecule has 7 heteroatoms. The minimum atomic E-state index is -3.60. The van der Waals surface area contributed by atoms with E-state index >= 15 is 0 Å². The Kier molecular flexibility index (Phi) is 3.46. The van der Waals surface area contributed by atoms with E-state index in [9.17, 15) is 13.2 Å². The van der Waals surface area contributed by atoms with Crippen molar-refractivity contribution < 1.29 is 18.3 Å². The molecule has 0 atom stereocenters. The summed E-state index contributed by atoms with van der Waals surface area (Å²) in [5, 5.41) is 12.3. The number of carbonyl (C=O) groups is 1. The second-order valence-electron chi connectivity index (χ2n) is 3.09. The van der Waals surface area contributed by atoms with Crippen LogP contribution < -0.4 is 0 Å². The van der Waals surface area contributed by atoms with Crippen LogP contribution in [0.2, 0.25) is 0 Å². The van der Waals surface area contributed by atoms with Crippen LogP contribution in [0.4, 0.5) is 0 Å². The first kappa shape index (κ1) is 11.7. The van der Waals surface area contributed by atoms with Gasteiger partial charge >= 0.3 is 5.97 Å². The van der Waals surface area contributed by atoms with E-state index < -0.39 is 21.6 Å². The lowest BCUT2D eigenvalue weighted by molar-refractivity contribution is -0.134. The first-order valence-corrected chi connectivity index (χ1v) is 6.19. The van der Waals surface area contributed by atoms with Crippen LogP contribution in [0.15, 0.2) is 12.3 Å². The van der Waals surface area contributed by atoms with Gasteiger partial charge in [-0.3, -0.25) is 9.48 Å². The van der Waals surface area contributed by atoms with Crippen molar-refractivity contribution in [3.63, 3.8) is 0 Å². The monoisotopic (exact) mass is 232 g/mol. The molecule has 0 aliphatic carbocycles. The number of rotatable bonds is 5. The summed E-state index contributed by atoms with van der Waals surface area (Å²) in [6, 6.07) is 1.57. The summed E-state index contributed by atoms with van der Waals surface area (Å²) >= 11 is 0. The third kappa shape index (κ3) is 3.70. The molecule has 0 saturated heterocycles. The van der Waals surface area contributed by atoms with Gasteiger partial charge in [-0.15, -0.1) is 0 Å². The van der Waals surface area contributed by atoms with Crippen molar-refractivity contribution in [3.05, 3.63) is 18.0 Å². The second-order valence-corrected chi connectivity index (χ2v) is 5.15. The summed E-state index contributed by atoms with van der Waals surface area (Å²) in [5.41, 5.74) is 0.373. The number of nitrogens with zero attached hydrogens (tertiary/aromatic N) is 2. The summed E-state index contributed by atoms with van der Waals surface area (Å²) in [4.78, 5) is 10.3. The number of hydrogen-bond acceptors (Lipinski definition) is 4. The molecule has 0 aliphatic rings. The molecule has 0 unspecified atom stereocenters. The molecule has 0 fully saturated rings. The van der Waals surface area contributed by atoms with Gasteiger partial charge in [0.05, 0.1) is 11.4 Å². The van der Waals surface area contributed by atoms with Crippen molar-refractivity contribution in [1.82, 2.24) is 9.78 Å². The molecular weight excluding hydrogens is 220 g/mol. The zero-order chi connectivity index (χ0) is 11.5. The number of aryl methyl sites for hydroxylation is 1. The van der Waals surface area contributed by atoms with Crippen molar-refractivity contribution in [1.29, 1.82) is 0 Å². The Labute approximate surface area is 87.4 Å². The van der Waals surface area contributed by atoms with Crippen LogP contribution >= 0.6 is 0 Å². The highest BCUT2D eigenvalue weighted by atomic mass is 32.2. The van der Waals surface area contributed by atoms with Crippen LogP contribution in [0, 0.1) is 0 Å². The average molecular weight is 232 g/mol. The van der Waals surface area contributed by atoms with Crippen LogP contribution in [-0.2, 0) is 26.9 Å². The van der Waals surface area contributed by atoms with E-state index in [0.717, 1.165) is 0 Å². The van der Waals surface area contributed by atoms with Crippen molar-refractivity contribution in [2.24, 2.45) is 0 Å². The normalized spacial score (nSPS) is 11.5. The Morgan fingerprint density at radius 3 is 2.73 bits per heavy atom. The molecule has 0 saturated carbocycles. The summed E-state index contributed by atoms with van der Waals surface area (Å²) in [6.45, 7) is 2.53. The molecule has 0 bridgehead atoms. The van der Waals surface area contributed by atoms with Gasteiger partial charge in [0, 0.05) is 12.7 Å². The number of hydrogen-bond donors (Lipinski definition) is 1. The Bertz CT molecular complexity index is 449. The van der Waals surface area contributed by atoms with Crippen LogP contribution in [-0.4, -0.2) is 35.0 Å². The molecule has 0 amide bonds. The zero-order valence-electron chi connectivity index (χ0n) is 8.25. The van der Waals surface area contributed by atoms with Gasteiger partial charge in [0.15, 0.2) is 9.84 Å². The molecule has 0 radical (unpaired) electrons. The zero-order valence-corrected chi connectivity index (χ0v) is 9.07. The number of carboxylic acid groups (broad SMARTS) is 1. The van der Waals surface area contributed by atoms with Gasteiger partial charge in [-0.05, 0) is 13.0 Å². The maximum atomic E-state index is 11.3. The standard InChI is InChI=1S/C8H12N2O4S/c1-2-10-4-3-7(9-10)5-15(13,14)6-8(11)12/h3-4H,2,5-6H2,1H3,(H,11,12). The van der Waals surface area contributed by atoms with Crippen LogP contribution in [0.5, 0.6) is 0 Å². The molecule has 0 spiro atoms. The van der Waals surface area contributed by atoms with Crippen LogP contribution in [0.3, 0.4) is 0 Å². The van der Waals surface area contributed by atoms with Gasteiger partial charge in [-0.1, -0.05) is 0 Å². The summed E-state index contributed by atoms with van der Waals surface area (Å²) < 4.78 is 24.1. The first-order chi connectivity index (χ1) is 6.93. The molecule has 0 aliphatic heterocycles.